The van der Waals surface area contributed by atoms with Gasteiger partial charge in [0, 0.05) is 6.54 Å². The van der Waals surface area contributed by atoms with Crippen LogP contribution < -0.4 is 4.74 Å². The number of nitrogens with zero attached hydrogens (tertiary/aromatic N) is 1. The van der Waals surface area contributed by atoms with E-state index in [0.29, 0.717) is 30.8 Å². The van der Waals surface area contributed by atoms with Crippen LogP contribution in [0.4, 0.5) is 4.79 Å². The van der Waals surface area contributed by atoms with Gasteiger partial charge in [-0.1, -0.05) is 18.2 Å². The quantitative estimate of drug-likeness (QED) is 0.848. The summed E-state index contributed by atoms with van der Waals surface area (Å²) in [5.41, 5.74) is 0.412. The Hall–Kier alpha value is -1.85. The third-order valence-electron chi connectivity index (χ3n) is 2.98. The number of carbonyl (C=O) groups is 1. The Balaban J connectivity index is 2.10. The van der Waals surface area contributed by atoms with Gasteiger partial charge in [0.1, 0.15) is 5.75 Å². The second kappa shape index (κ2) is 6.36. The fourth-order valence-corrected chi connectivity index (χ4v) is 2.08. The molecule has 1 saturated heterocycles. The van der Waals surface area contributed by atoms with Crippen molar-refractivity contribution in [3.8, 4) is 5.75 Å². The molecule has 0 radical (unpaired) electrons. The molecule has 0 saturated carbocycles. The van der Waals surface area contributed by atoms with Crippen LogP contribution in [-0.4, -0.2) is 40.5 Å². The van der Waals surface area contributed by atoms with Gasteiger partial charge in [-0.15, -0.1) is 0 Å². The van der Waals surface area contributed by atoms with Crippen LogP contribution in [0.3, 0.4) is 0 Å². The number of aliphatic hydroxyl groups is 2. The zero-order valence-electron chi connectivity index (χ0n) is 10.5. The minimum Gasteiger partial charge on any atom is -0.410 e. The minimum absolute atomic E-state index is 0.221. The maximum absolute atomic E-state index is 12.1. The highest BCUT2D eigenvalue weighted by atomic mass is 16.6. The van der Waals surface area contributed by atoms with Crippen LogP contribution >= 0.6 is 0 Å². The molecular formula is C14H17NO4. The predicted octanol–water partition coefficient (Wildman–Crippen LogP) is 1.52. The number of aliphatic hydroxyl groups excluding tert-OH is 2. The molecule has 5 nitrogen and oxygen atoms in total. The Morgan fingerprint density at radius 1 is 1.42 bits per heavy atom. The summed E-state index contributed by atoms with van der Waals surface area (Å²) < 4.78 is 5.23. The molecule has 1 aromatic carbocycles. The first-order valence-corrected chi connectivity index (χ1v) is 6.25. The van der Waals surface area contributed by atoms with Crippen molar-refractivity contribution in [3.63, 3.8) is 0 Å². The van der Waals surface area contributed by atoms with Crippen molar-refractivity contribution in [2.45, 2.75) is 18.9 Å². The normalized spacial score (nSPS) is 21.5. The van der Waals surface area contributed by atoms with E-state index >= 15 is 0 Å². The first kappa shape index (κ1) is 13.6. The zero-order chi connectivity index (χ0) is 13.7. The summed E-state index contributed by atoms with van der Waals surface area (Å²) in [5.74, 6) is 0.455. The van der Waals surface area contributed by atoms with E-state index in [1.54, 1.807) is 24.3 Å². The highest BCUT2D eigenvalue weighted by Crippen LogP contribution is 2.22. The summed E-state index contributed by atoms with van der Waals surface area (Å²) in [6, 6.07) is 8.76. The molecule has 2 rings (SSSR count). The topological polar surface area (TPSA) is 70.0 Å². The molecule has 1 aromatic rings. The summed E-state index contributed by atoms with van der Waals surface area (Å²) >= 11 is 0. The summed E-state index contributed by atoms with van der Waals surface area (Å²) in [6.45, 7) is 0.260. The van der Waals surface area contributed by atoms with Crippen molar-refractivity contribution in [1.29, 1.82) is 0 Å². The molecule has 1 atom stereocenters. The Morgan fingerprint density at radius 2 is 2.16 bits per heavy atom. The number of piperidine rings is 1. The number of likely N-dealkylation sites (tertiary alicyclic amines) is 1. The minimum atomic E-state index is -0.732. The molecule has 102 valence electrons. The number of hydrogen-bond acceptors (Lipinski definition) is 4. The number of hydrogen-bond donors (Lipinski definition) is 2. The van der Waals surface area contributed by atoms with Gasteiger partial charge in [-0.25, -0.2) is 4.79 Å². The molecule has 1 fully saturated rings. The molecule has 19 heavy (non-hydrogen) atoms. The molecule has 1 aliphatic rings. The molecule has 0 aliphatic carbocycles. The van der Waals surface area contributed by atoms with Crippen molar-refractivity contribution in [2.75, 3.05) is 13.2 Å². The average Bonchev–Trinajstić information content (AvgIpc) is 2.42. The van der Waals surface area contributed by atoms with Crippen LogP contribution in [0.1, 0.15) is 12.8 Å². The van der Waals surface area contributed by atoms with E-state index in [0.717, 1.165) is 0 Å². The lowest BCUT2D eigenvalue weighted by Gasteiger charge is -2.32. The third kappa shape index (κ3) is 3.33. The summed E-state index contributed by atoms with van der Waals surface area (Å²) in [6.07, 6.45) is 1.46. The molecule has 0 aromatic heterocycles. The van der Waals surface area contributed by atoms with Gasteiger partial charge in [-0.05, 0) is 31.1 Å². The van der Waals surface area contributed by atoms with Gasteiger partial charge in [0.05, 0.1) is 18.4 Å². The van der Waals surface area contributed by atoms with E-state index in [9.17, 15) is 9.90 Å². The lowest BCUT2D eigenvalue weighted by Crippen LogP contribution is -2.41. The lowest BCUT2D eigenvalue weighted by molar-refractivity contribution is 0.105. The molecule has 0 bridgehead atoms. The van der Waals surface area contributed by atoms with Gasteiger partial charge >= 0.3 is 6.09 Å². The van der Waals surface area contributed by atoms with Gasteiger partial charge in [0.15, 0.2) is 0 Å². The number of para-hydroxylation sites is 1. The Bertz CT molecular complexity index is 458. The molecule has 0 spiro atoms. The number of amides is 1. The van der Waals surface area contributed by atoms with Crippen LogP contribution in [0, 0.1) is 0 Å². The largest absolute Gasteiger partial charge is 0.419 e. The van der Waals surface area contributed by atoms with Crippen molar-refractivity contribution >= 4 is 6.09 Å². The molecule has 5 heteroatoms. The molecular weight excluding hydrogens is 246 g/mol. The van der Waals surface area contributed by atoms with Crippen molar-refractivity contribution < 1.29 is 19.7 Å². The van der Waals surface area contributed by atoms with Crippen LogP contribution in [0.25, 0.3) is 0 Å². The molecule has 1 aliphatic heterocycles. The van der Waals surface area contributed by atoms with E-state index in [1.807, 2.05) is 6.07 Å². The van der Waals surface area contributed by atoms with Crippen LogP contribution in [-0.2, 0) is 0 Å². The predicted molar refractivity (Wildman–Crippen MR) is 69.6 cm³/mol. The van der Waals surface area contributed by atoms with E-state index in [1.165, 1.54) is 11.0 Å². The summed E-state index contributed by atoms with van der Waals surface area (Å²) in [4.78, 5) is 13.4. The zero-order valence-corrected chi connectivity index (χ0v) is 10.5. The van der Waals surface area contributed by atoms with Gasteiger partial charge in [0.25, 0.3) is 0 Å². The molecule has 1 unspecified atom stereocenters. The van der Waals surface area contributed by atoms with E-state index in [2.05, 4.69) is 0 Å². The molecule has 2 N–H and O–H groups in total. The van der Waals surface area contributed by atoms with Crippen molar-refractivity contribution in [3.05, 3.63) is 42.1 Å². The Kier molecular flexibility index (Phi) is 4.54. The SMILES string of the molecule is O=C(Oc1ccccc1)N1CCCC(O)/C1=C\CO. The Morgan fingerprint density at radius 3 is 2.84 bits per heavy atom. The first-order chi connectivity index (χ1) is 9.22. The van der Waals surface area contributed by atoms with Gasteiger partial charge in [0.2, 0.25) is 0 Å². The maximum Gasteiger partial charge on any atom is 0.419 e. The van der Waals surface area contributed by atoms with E-state index < -0.39 is 12.2 Å². The lowest BCUT2D eigenvalue weighted by atomic mass is 10.0. The monoisotopic (exact) mass is 263 g/mol. The number of ether oxygens (including phenoxy) is 1. The maximum atomic E-state index is 12.1. The smallest absolute Gasteiger partial charge is 0.410 e. The number of rotatable bonds is 2. The van der Waals surface area contributed by atoms with E-state index in [-0.39, 0.29) is 6.61 Å². The number of carbonyl (C=O) groups excluding carboxylic acids is 1. The van der Waals surface area contributed by atoms with Gasteiger partial charge < -0.3 is 14.9 Å². The second-order valence-corrected chi connectivity index (χ2v) is 4.30. The Labute approximate surface area is 111 Å². The van der Waals surface area contributed by atoms with Gasteiger partial charge in [-0.2, -0.15) is 0 Å². The number of benzene rings is 1. The molecule has 1 amide bonds. The van der Waals surface area contributed by atoms with Crippen LogP contribution in [0.5, 0.6) is 5.75 Å². The van der Waals surface area contributed by atoms with Crippen LogP contribution in [0.15, 0.2) is 42.1 Å². The molecule has 1 heterocycles. The van der Waals surface area contributed by atoms with Crippen LogP contribution in [0.2, 0.25) is 0 Å². The van der Waals surface area contributed by atoms with Gasteiger partial charge in [-0.3, -0.25) is 4.90 Å². The highest BCUT2D eigenvalue weighted by Gasteiger charge is 2.28. The standard InChI is InChI=1S/C14H17NO4/c16-10-8-12-13(17)7-4-9-15(12)14(18)19-11-5-2-1-3-6-11/h1-3,5-6,8,13,16-17H,4,7,9-10H2/b12-8+. The fraction of sp³-hybridized carbons (Fsp3) is 0.357. The van der Waals surface area contributed by atoms with E-state index in [4.69, 9.17) is 9.84 Å². The van der Waals surface area contributed by atoms with Crippen molar-refractivity contribution in [2.24, 2.45) is 0 Å². The average molecular weight is 263 g/mol. The summed E-state index contributed by atoms with van der Waals surface area (Å²) in [7, 11) is 0. The van der Waals surface area contributed by atoms with Crippen molar-refractivity contribution in [1.82, 2.24) is 4.90 Å². The highest BCUT2D eigenvalue weighted by molar-refractivity contribution is 5.73. The first-order valence-electron chi connectivity index (χ1n) is 6.25. The second-order valence-electron chi connectivity index (χ2n) is 4.30. The third-order valence-corrected chi connectivity index (χ3v) is 2.98. The summed E-state index contributed by atoms with van der Waals surface area (Å²) in [5, 5.41) is 18.8. The fourth-order valence-electron chi connectivity index (χ4n) is 2.08.